The highest BCUT2D eigenvalue weighted by molar-refractivity contribution is 5.92. The van der Waals surface area contributed by atoms with Gasteiger partial charge in [-0.2, -0.15) is 0 Å². The molecule has 8 aliphatic heterocycles. The zero-order valence-corrected chi connectivity index (χ0v) is 28.9. The quantitative estimate of drug-likeness (QED) is 0.256. The lowest BCUT2D eigenvalue weighted by molar-refractivity contribution is -0.280. The number of nitrogens with zero attached hydrogens (tertiary/aromatic N) is 4. The Morgan fingerprint density at radius 2 is 1.67 bits per heavy atom. The first kappa shape index (κ1) is 28.7. The molecule has 5 saturated heterocycles. The van der Waals surface area contributed by atoms with E-state index >= 15 is 0 Å². The monoisotopic (exact) mass is 644 g/mol. The standard InChI is InChI=1S/C41H48N4O3/c1-6-21-18-45-34-17-27-38-26-13-30-24-15-35-39-25(22-9-7-8-10-31(22)43(39)4)16-33(42(35)3)29(24)20-47-41(30,2)48-37(26)12-11-32(38)44(5)40(27)36(45)14-23(21)28(34)19-46/h6-12,23-24,28-30,33-36,46H,13-20H2,1-5H3/b21-6-/t23-,24+,28+,29+,30-,33-,34-,35-,36-,41-/m0/s1. The van der Waals surface area contributed by atoms with Gasteiger partial charge in [0.15, 0.2) is 0 Å². The summed E-state index contributed by atoms with van der Waals surface area (Å²) in [4.78, 5) is 5.42. The minimum absolute atomic E-state index is 0.271. The summed E-state index contributed by atoms with van der Waals surface area (Å²) in [7, 11) is 6.94. The normalized spacial score (nSPS) is 39.9. The highest BCUT2D eigenvalue weighted by Gasteiger charge is 2.59. The minimum Gasteiger partial charge on any atom is -0.462 e. The molecule has 4 aromatic rings. The average molecular weight is 645 g/mol. The number of piperidine rings is 4. The molecule has 2 aromatic heterocycles. The number of fused-ring (bicyclic) bond motifs is 16. The molecule has 11 atom stereocenters. The number of likely N-dealkylation sites (N-methyl/N-ethyl adjacent to an activating group) is 1. The number of ether oxygens (including phenoxy) is 2. The molecule has 0 radical (unpaired) electrons. The summed E-state index contributed by atoms with van der Waals surface area (Å²) in [5.41, 5.74) is 11.8. The topological polar surface area (TPSA) is 55.0 Å². The lowest BCUT2D eigenvalue weighted by Gasteiger charge is -2.59. The number of hydrogen-bond acceptors (Lipinski definition) is 5. The lowest BCUT2D eigenvalue weighted by atomic mass is 9.61. The van der Waals surface area contributed by atoms with Crippen molar-refractivity contribution in [1.29, 1.82) is 0 Å². The summed E-state index contributed by atoms with van der Waals surface area (Å²) in [6.07, 6.45) is 7.68. The van der Waals surface area contributed by atoms with Crippen molar-refractivity contribution in [2.75, 3.05) is 26.8 Å². The summed E-state index contributed by atoms with van der Waals surface area (Å²) >= 11 is 0. The minimum atomic E-state index is -0.616. The van der Waals surface area contributed by atoms with Gasteiger partial charge in [0.05, 0.1) is 18.7 Å². The molecule has 7 heteroatoms. The maximum absolute atomic E-state index is 10.7. The fourth-order valence-electron chi connectivity index (χ4n) is 12.9. The Morgan fingerprint density at radius 1 is 0.875 bits per heavy atom. The van der Waals surface area contributed by atoms with E-state index in [1.54, 1.807) is 5.56 Å². The van der Waals surface area contributed by atoms with E-state index in [4.69, 9.17) is 9.47 Å². The van der Waals surface area contributed by atoms with Gasteiger partial charge in [0, 0.05) is 103 Å². The fourth-order valence-corrected chi connectivity index (χ4v) is 12.9. The molecule has 2 aromatic carbocycles. The van der Waals surface area contributed by atoms with Crippen LogP contribution in [-0.2, 0) is 38.1 Å². The maximum atomic E-state index is 10.7. The average Bonchev–Trinajstić information content (AvgIpc) is 3.53. The Hall–Kier alpha value is -3.10. The molecule has 1 unspecified atom stereocenters. The third-order valence-corrected chi connectivity index (χ3v) is 15.1. The van der Waals surface area contributed by atoms with E-state index in [2.05, 4.69) is 96.4 Å². The molecule has 8 aliphatic rings. The Labute approximate surface area is 283 Å². The van der Waals surface area contributed by atoms with Crippen LogP contribution in [-0.4, -0.2) is 68.7 Å². The summed E-state index contributed by atoms with van der Waals surface area (Å²) in [5, 5.41) is 13.5. The number of aromatic nitrogens is 2. The number of allylic oxidation sites excluding steroid dienone is 1. The largest absolute Gasteiger partial charge is 0.462 e. The van der Waals surface area contributed by atoms with Crippen LogP contribution in [0.15, 0.2) is 48.0 Å². The van der Waals surface area contributed by atoms with Crippen LogP contribution in [0.3, 0.4) is 0 Å². The van der Waals surface area contributed by atoms with Crippen molar-refractivity contribution in [2.45, 2.75) is 75.9 Å². The zero-order valence-electron chi connectivity index (χ0n) is 28.9. The summed E-state index contributed by atoms with van der Waals surface area (Å²) in [5.74, 6) is 2.52. The Balaban J connectivity index is 1.02. The number of hydrogen-bond donors (Lipinski definition) is 1. The smallest absolute Gasteiger partial charge is 0.211 e. The third kappa shape index (κ3) is 3.35. The molecule has 10 heterocycles. The lowest BCUT2D eigenvalue weighted by Crippen LogP contribution is -2.64. The van der Waals surface area contributed by atoms with Gasteiger partial charge >= 0.3 is 0 Å². The van der Waals surface area contributed by atoms with Crippen LogP contribution < -0.4 is 4.74 Å². The van der Waals surface area contributed by atoms with Crippen LogP contribution in [0.25, 0.3) is 21.8 Å². The summed E-state index contributed by atoms with van der Waals surface area (Å²) in [6.45, 7) is 6.49. The molecule has 0 aliphatic carbocycles. The molecule has 48 heavy (non-hydrogen) atoms. The molecular weight excluding hydrogens is 596 g/mol. The van der Waals surface area contributed by atoms with Gasteiger partial charge in [-0.3, -0.25) is 9.80 Å². The molecule has 5 fully saturated rings. The Morgan fingerprint density at radius 3 is 2.50 bits per heavy atom. The van der Waals surface area contributed by atoms with Crippen LogP contribution in [0.1, 0.15) is 66.9 Å². The number of aliphatic hydroxyl groups is 1. The Bertz CT molecular complexity index is 2070. The van der Waals surface area contributed by atoms with E-state index in [1.807, 2.05) is 0 Å². The second-order valence-corrected chi connectivity index (χ2v) is 16.6. The summed E-state index contributed by atoms with van der Waals surface area (Å²) in [6, 6.07) is 15.2. The van der Waals surface area contributed by atoms with E-state index in [0.29, 0.717) is 53.8 Å². The molecule has 12 rings (SSSR count). The second-order valence-electron chi connectivity index (χ2n) is 16.6. The second kappa shape index (κ2) is 9.57. The predicted molar refractivity (Wildman–Crippen MR) is 187 cm³/mol. The zero-order chi connectivity index (χ0) is 32.4. The van der Waals surface area contributed by atoms with Gasteiger partial charge in [-0.15, -0.1) is 0 Å². The van der Waals surface area contributed by atoms with E-state index in [1.165, 1.54) is 49.9 Å². The first-order valence-corrected chi connectivity index (χ1v) is 18.6. The van der Waals surface area contributed by atoms with Gasteiger partial charge in [-0.05, 0) is 87.2 Å². The molecule has 0 amide bonds. The van der Waals surface area contributed by atoms with Crippen LogP contribution >= 0.6 is 0 Å². The van der Waals surface area contributed by atoms with Crippen molar-refractivity contribution in [2.24, 2.45) is 43.7 Å². The van der Waals surface area contributed by atoms with Crippen LogP contribution in [0.2, 0.25) is 0 Å². The van der Waals surface area contributed by atoms with Gasteiger partial charge in [0.25, 0.3) is 0 Å². The number of benzene rings is 2. The number of para-hydroxylation sites is 1. The van der Waals surface area contributed by atoms with E-state index in [9.17, 15) is 5.11 Å². The van der Waals surface area contributed by atoms with Crippen LogP contribution in [0, 0.1) is 29.6 Å². The highest BCUT2D eigenvalue weighted by atomic mass is 16.7. The molecule has 1 N–H and O–H groups in total. The van der Waals surface area contributed by atoms with Crippen molar-refractivity contribution < 1.29 is 14.6 Å². The van der Waals surface area contributed by atoms with Gasteiger partial charge in [0.2, 0.25) is 5.79 Å². The highest BCUT2D eigenvalue weighted by Crippen LogP contribution is 2.59. The van der Waals surface area contributed by atoms with E-state index in [0.717, 1.165) is 51.0 Å². The van der Waals surface area contributed by atoms with Crippen molar-refractivity contribution in [3.05, 3.63) is 76.1 Å². The van der Waals surface area contributed by atoms with Crippen molar-refractivity contribution >= 4 is 21.8 Å². The SMILES string of the molecule is C/C=C1/CN2[C@H]3C[C@@H]1[C@@H](CO)[C@@H]2Cc1c3n(C)c2ccc3c(c12)C[C@H]1[C@@H]2C[C@H]4c5c(c6ccccc6n5C)C[C@@H]([C@@H]2CO[C@@]1(C)O3)N4C. The maximum Gasteiger partial charge on any atom is 0.211 e. The van der Waals surface area contributed by atoms with Gasteiger partial charge in [-0.1, -0.05) is 29.8 Å². The Kier molecular flexibility index (Phi) is 5.72. The molecule has 6 bridgehead atoms. The predicted octanol–water partition coefficient (Wildman–Crippen LogP) is 6.06. The van der Waals surface area contributed by atoms with Crippen molar-refractivity contribution in [1.82, 2.24) is 18.9 Å². The summed E-state index contributed by atoms with van der Waals surface area (Å²) < 4.78 is 19.0. The number of rotatable bonds is 1. The molecule has 0 saturated carbocycles. The molecular formula is C41H48N4O3. The van der Waals surface area contributed by atoms with Gasteiger partial charge in [0.1, 0.15) is 5.75 Å². The van der Waals surface area contributed by atoms with E-state index in [-0.39, 0.29) is 6.61 Å². The third-order valence-electron chi connectivity index (χ3n) is 15.1. The van der Waals surface area contributed by atoms with Crippen LogP contribution in [0.5, 0.6) is 5.75 Å². The first-order valence-electron chi connectivity index (χ1n) is 18.6. The van der Waals surface area contributed by atoms with Crippen molar-refractivity contribution in [3.8, 4) is 5.75 Å². The first-order chi connectivity index (χ1) is 23.3. The number of aryl methyl sites for hydroxylation is 2. The molecule has 0 spiro atoms. The fraction of sp³-hybridized carbons (Fsp3) is 0.561. The molecule has 7 nitrogen and oxygen atoms in total. The van der Waals surface area contributed by atoms with Gasteiger partial charge < -0.3 is 23.7 Å². The van der Waals surface area contributed by atoms with Gasteiger partial charge in [-0.25, -0.2) is 0 Å². The molecule has 250 valence electrons. The number of aliphatic hydroxyl groups excluding tert-OH is 1. The van der Waals surface area contributed by atoms with Crippen LogP contribution in [0.4, 0.5) is 0 Å². The van der Waals surface area contributed by atoms with E-state index < -0.39 is 5.79 Å². The van der Waals surface area contributed by atoms with Crippen molar-refractivity contribution in [3.63, 3.8) is 0 Å².